The van der Waals surface area contributed by atoms with E-state index in [1.807, 2.05) is 0 Å². The molecule has 0 bridgehead atoms. The Labute approximate surface area is 181 Å². The van der Waals surface area contributed by atoms with Gasteiger partial charge in [-0.05, 0) is 32.0 Å². The molecule has 31 heavy (non-hydrogen) atoms. The maximum atomic E-state index is 13.2. The summed E-state index contributed by atoms with van der Waals surface area (Å²) in [6.07, 6.45) is 0. The molecule has 3 aromatic rings. The highest BCUT2D eigenvalue weighted by molar-refractivity contribution is 6.04. The van der Waals surface area contributed by atoms with E-state index >= 15 is 0 Å². The first-order chi connectivity index (χ1) is 15.0. The second kappa shape index (κ2) is 10.1. The first kappa shape index (κ1) is 22.3. The van der Waals surface area contributed by atoms with E-state index < -0.39 is 0 Å². The van der Waals surface area contributed by atoms with Crippen LogP contribution < -0.4 is 25.2 Å². The van der Waals surface area contributed by atoms with Crippen LogP contribution in [0.15, 0.2) is 47.3 Å². The highest BCUT2D eigenvalue weighted by Gasteiger charge is 2.19. The van der Waals surface area contributed by atoms with E-state index in [9.17, 15) is 9.59 Å². The summed E-state index contributed by atoms with van der Waals surface area (Å²) in [4.78, 5) is 27.6. The standard InChI is InChI=1S/C23H28N4O4/c1-5-26(6-2)14-13-24-22(28)21-17-9-7-8-10-18(17)23(29)27(25-21)19-12-11-16(30-3)15-20(19)31-4/h7-12,15H,5-6,13-14H2,1-4H3,(H,24,28)/p+1. The molecule has 1 aromatic heterocycles. The summed E-state index contributed by atoms with van der Waals surface area (Å²) in [6.45, 7) is 7.58. The minimum absolute atomic E-state index is 0.197. The molecule has 2 aromatic carbocycles. The summed E-state index contributed by atoms with van der Waals surface area (Å²) in [6, 6.07) is 12.1. The third kappa shape index (κ3) is 4.69. The highest BCUT2D eigenvalue weighted by atomic mass is 16.5. The number of aromatic nitrogens is 2. The number of likely N-dealkylation sites (N-methyl/N-ethyl adjacent to an activating group) is 1. The molecule has 0 saturated carbocycles. The first-order valence-corrected chi connectivity index (χ1v) is 10.4. The van der Waals surface area contributed by atoms with Crippen molar-refractivity contribution in [2.24, 2.45) is 0 Å². The molecule has 0 radical (unpaired) electrons. The van der Waals surface area contributed by atoms with Crippen LogP contribution in [0.2, 0.25) is 0 Å². The molecule has 164 valence electrons. The molecular weight excluding hydrogens is 396 g/mol. The Morgan fingerprint density at radius 1 is 1.06 bits per heavy atom. The molecule has 0 atom stereocenters. The fourth-order valence-electron chi connectivity index (χ4n) is 3.52. The van der Waals surface area contributed by atoms with Crippen LogP contribution in [0.25, 0.3) is 16.5 Å². The van der Waals surface area contributed by atoms with Crippen molar-refractivity contribution in [3.63, 3.8) is 0 Å². The van der Waals surface area contributed by atoms with Gasteiger partial charge in [0.05, 0.1) is 45.8 Å². The van der Waals surface area contributed by atoms with E-state index in [4.69, 9.17) is 9.47 Å². The average molecular weight is 426 g/mol. The first-order valence-electron chi connectivity index (χ1n) is 10.4. The Hall–Kier alpha value is -3.39. The Balaban J connectivity index is 2.06. The van der Waals surface area contributed by atoms with Crippen LogP contribution in [0, 0.1) is 0 Å². The Morgan fingerprint density at radius 3 is 2.42 bits per heavy atom. The summed E-state index contributed by atoms with van der Waals surface area (Å²) in [5.41, 5.74) is 0.298. The largest absolute Gasteiger partial charge is 0.497 e. The quantitative estimate of drug-likeness (QED) is 0.535. The lowest BCUT2D eigenvalue weighted by Gasteiger charge is -2.16. The number of carbonyl (C=O) groups is 1. The fraction of sp³-hybridized carbons (Fsp3) is 0.348. The topological polar surface area (TPSA) is 86.9 Å². The molecule has 0 unspecified atom stereocenters. The van der Waals surface area contributed by atoms with Crippen LogP contribution >= 0.6 is 0 Å². The van der Waals surface area contributed by atoms with Gasteiger partial charge in [0, 0.05) is 11.5 Å². The van der Waals surface area contributed by atoms with E-state index in [1.54, 1.807) is 49.6 Å². The van der Waals surface area contributed by atoms with Gasteiger partial charge in [-0.1, -0.05) is 18.2 Å². The molecule has 8 nitrogen and oxygen atoms in total. The molecule has 0 aliphatic rings. The number of fused-ring (bicyclic) bond motifs is 1. The highest BCUT2D eigenvalue weighted by Crippen LogP contribution is 2.27. The molecule has 0 aliphatic carbocycles. The number of carbonyl (C=O) groups excluding carboxylic acids is 1. The minimum Gasteiger partial charge on any atom is -0.497 e. The molecule has 0 aliphatic heterocycles. The van der Waals surface area contributed by atoms with Gasteiger partial charge in [0.15, 0.2) is 5.69 Å². The number of ether oxygens (including phenoxy) is 2. The third-order valence-electron chi connectivity index (χ3n) is 5.40. The summed E-state index contributed by atoms with van der Waals surface area (Å²) in [5.74, 6) is 0.691. The second-order valence-electron chi connectivity index (χ2n) is 7.11. The lowest BCUT2D eigenvalue weighted by atomic mass is 10.1. The summed E-state index contributed by atoms with van der Waals surface area (Å²) >= 11 is 0. The van der Waals surface area contributed by atoms with E-state index in [0.717, 1.165) is 19.6 Å². The van der Waals surface area contributed by atoms with Crippen molar-refractivity contribution in [2.75, 3.05) is 40.4 Å². The molecule has 3 rings (SSSR count). The van der Waals surface area contributed by atoms with Gasteiger partial charge in [0.1, 0.15) is 17.2 Å². The lowest BCUT2D eigenvalue weighted by molar-refractivity contribution is -0.895. The summed E-state index contributed by atoms with van der Waals surface area (Å²) in [7, 11) is 3.06. The Bertz CT molecular complexity index is 1120. The number of quaternary nitrogens is 1. The van der Waals surface area contributed by atoms with Crippen LogP contribution in [0.4, 0.5) is 0 Å². The summed E-state index contributed by atoms with van der Waals surface area (Å²) < 4.78 is 11.9. The van der Waals surface area contributed by atoms with Crippen molar-refractivity contribution in [3.05, 3.63) is 58.5 Å². The Morgan fingerprint density at radius 2 is 1.77 bits per heavy atom. The molecule has 1 amide bonds. The molecular formula is C23H29N4O4+. The van der Waals surface area contributed by atoms with Crippen LogP contribution in [0.5, 0.6) is 11.5 Å². The SMILES string of the molecule is CC[NH+](CC)CCNC(=O)c1nn(-c2ccc(OC)cc2OC)c(=O)c2ccccc12. The van der Waals surface area contributed by atoms with Crippen molar-refractivity contribution in [1.29, 1.82) is 0 Å². The van der Waals surface area contributed by atoms with Gasteiger partial charge >= 0.3 is 0 Å². The Kier molecular flexibility index (Phi) is 7.25. The van der Waals surface area contributed by atoms with Gasteiger partial charge in [-0.25, -0.2) is 0 Å². The predicted molar refractivity (Wildman–Crippen MR) is 120 cm³/mol. The molecule has 0 spiro atoms. The molecule has 0 fully saturated rings. The number of hydrogen-bond acceptors (Lipinski definition) is 5. The number of benzene rings is 2. The van der Waals surface area contributed by atoms with Crippen molar-refractivity contribution in [1.82, 2.24) is 15.1 Å². The van der Waals surface area contributed by atoms with Gasteiger partial charge in [0.25, 0.3) is 11.5 Å². The van der Waals surface area contributed by atoms with E-state index in [1.165, 1.54) is 16.7 Å². The van der Waals surface area contributed by atoms with Crippen molar-refractivity contribution in [2.45, 2.75) is 13.8 Å². The average Bonchev–Trinajstić information content (AvgIpc) is 2.81. The van der Waals surface area contributed by atoms with Crippen molar-refractivity contribution in [3.8, 4) is 17.2 Å². The maximum absolute atomic E-state index is 13.2. The van der Waals surface area contributed by atoms with Gasteiger partial charge in [-0.2, -0.15) is 9.78 Å². The van der Waals surface area contributed by atoms with E-state index in [0.29, 0.717) is 34.5 Å². The zero-order chi connectivity index (χ0) is 22.4. The number of amides is 1. The van der Waals surface area contributed by atoms with Gasteiger partial charge in [-0.3, -0.25) is 9.59 Å². The summed E-state index contributed by atoms with van der Waals surface area (Å²) in [5, 5.41) is 8.31. The van der Waals surface area contributed by atoms with Gasteiger partial charge in [0.2, 0.25) is 0 Å². The van der Waals surface area contributed by atoms with E-state index in [2.05, 4.69) is 24.3 Å². The normalized spacial score (nSPS) is 11.0. The molecule has 8 heteroatoms. The van der Waals surface area contributed by atoms with Crippen molar-refractivity contribution >= 4 is 16.7 Å². The zero-order valence-corrected chi connectivity index (χ0v) is 18.4. The van der Waals surface area contributed by atoms with Crippen LogP contribution in [-0.4, -0.2) is 56.1 Å². The number of hydrogen-bond donors (Lipinski definition) is 2. The van der Waals surface area contributed by atoms with Gasteiger partial charge < -0.3 is 19.7 Å². The molecule has 0 saturated heterocycles. The minimum atomic E-state index is -0.330. The third-order valence-corrected chi connectivity index (χ3v) is 5.40. The number of nitrogens with one attached hydrogen (secondary N) is 2. The van der Waals surface area contributed by atoms with Crippen molar-refractivity contribution < 1.29 is 19.2 Å². The lowest BCUT2D eigenvalue weighted by Crippen LogP contribution is -3.12. The fourth-order valence-corrected chi connectivity index (χ4v) is 3.52. The monoisotopic (exact) mass is 425 g/mol. The number of methoxy groups -OCH3 is 2. The maximum Gasteiger partial charge on any atom is 0.279 e. The predicted octanol–water partition coefficient (Wildman–Crippen LogP) is 1.06. The van der Waals surface area contributed by atoms with Crippen LogP contribution in [0.1, 0.15) is 24.3 Å². The molecule has 2 N–H and O–H groups in total. The van der Waals surface area contributed by atoms with Gasteiger partial charge in [-0.15, -0.1) is 0 Å². The van der Waals surface area contributed by atoms with Crippen LogP contribution in [0.3, 0.4) is 0 Å². The number of nitrogens with zero attached hydrogens (tertiary/aromatic N) is 2. The van der Waals surface area contributed by atoms with Crippen LogP contribution in [-0.2, 0) is 0 Å². The zero-order valence-electron chi connectivity index (χ0n) is 18.4. The smallest absolute Gasteiger partial charge is 0.279 e. The second-order valence-corrected chi connectivity index (χ2v) is 7.11. The molecule has 1 heterocycles. The van der Waals surface area contributed by atoms with E-state index in [-0.39, 0.29) is 17.2 Å². The number of rotatable bonds is 9.